The number of aromatic nitrogens is 2. The molecule has 1 fully saturated rings. The van der Waals surface area contributed by atoms with Crippen molar-refractivity contribution in [1.29, 1.82) is 0 Å². The monoisotopic (exact) mass is 364 g/mol. The number of hydrogen-bond acceptors (Lipinski definition) is 4. The first-order valence-electron chi connectivity index (χ1n) is 8.64. The van der Waals surface area contributed by atoms with Crippen LogP contribution in [0.1, 0.15) is 23.7 Å². The van der Waals surface area contributed by atoms with Crippen LogP contribution in [0.3, 0.4) is 0 Å². The van der Waals surface area contributed by atoms with Crippen LogP contribution >= 0.6 is 0 Å². The molecule has 0 aliphatic carbocycles. The molecule has 1 N–H and O–H groups in total. The van der Waals surface area contributed by atoms with Crippen LogP contribution in [0.4, 0.5) is 4.79 Å². The standard InChI is InChI=1S/C20H20N4O3/c1-13-5-4-10-23-11-15(21-17(13)23)12-24-18(25)20(2,22-19(24)26)14-6-8-16(27-3)9-7-14/h4-11H,12H2,1-3H3,(H,22,26). The largest absolute Gasteiger partial charge is 0.497 e. The third-order valence-electron chi connectivity index (χ3n) is 4.99. The van der Waals surface area contributed by atoms with Crippen molar-refractivity contribution in [3.8, 4) is 5.75 Å². The maximum absolute atomic E-state index is 13.1. The zero-order valence-corrected chi connectivity index (χ0v) is 15.4. The number of carbonyl (C=O) groups excluding carboxylic acids is 2. The maximum Gasteiger partial charge on any atom is 0.325 e. The second-order valence-electron chi connectivity index (χ2n) is 6.83. The van der Waals surface area contributed by atoms with Gasteiger partial charge in [0.25, 0.3) is 5.91 Å². The number of fused-ring (bicyclic) bond motifs is 1. The number of pyridine rings is 1. The molecule has 3 aromatic rings. The van der Waals surface area contributed by atoms with Gasteiger partial charge in [-0.2, -0.15) is 0 Å². The Labute approximate surface area is 156 Å². The zero-order chi connectivity index (χ0) is 19.2. The Kier molecular flexibility index (Phi) is 3.87. The summed E-state index contributed by atoms with van der Waals surface area (Å²) in [5.41, 5.74) is 2.10. The minimum atomic E-state index is -1.11. The number of benzene rings is 1. The summed E-state index contributed by atoms with van der Waals surface area (Å²) in [6.45, 7) is 3.81. The van der Waals surface area contributed by atoms with Crippen molar-refractivity contribution in [2.75, 3.05) is 7.11 Å². The molecule has 27 heavy (non-hydrogen) atoms. The van der Waals surface area contributed by atoms with Gasteiger partial charge in [-0.1, -0.05) is 18.2 Å². The molecule has 0 radical (unpaired) electrons. The molecule has 4 rings (SSSR count). The van der Waals surface area contributed by atoms with Crippen LogP contribution in [0.25, 0.3) is 5.65 Å². The average Bonchev–Trinajstić information content (AvgIpc) is 3.18. The Morgan fingerprint density at radius 1 is 1.19 bits per heavy atom. The number of imide groups is 1. The van der Waals surface area contributed by atoms with E-state index in [1.54, 1.807) is 38.3 Å². The number of aryl methyl sites for hydroxylation is 1. The van der Waals surface area contributed by atoms with Gasteiger partial charge in [-0.05, 0) is 43.2 Å². The first kappa shape index (κ1) is 17.1. The molecule has 1 aliphatic rings. The van der Waals surface area contributed by atoms with Gasteiger partial charge in [0.2, 0.25) is 0 Å². The van der Waals surface area contributed by atoms with Crippen LogP contribution in [0, 0.1) is 6.92 Å². The van der Waals surface area contributed by atoms with E-state index in [2.05, 4.69) is 10.3 Å². The molecule has 7 nitrogen and oxygen atoms in total. The van der Waals surface area contributed by atoms with Crippen LogP contribution < -0.4 is 10.1 Å². The van der Waals surface area contributed by atoms with Crippen molar-refractivity contribution in [2.45, 2.75) is 25.9 Å². The summed E-state index contributed by atoms with van der Waals surface area (Å²) in [7, 11) is 1.58. The average molecular weight is 364 g/mol. The Morgan fingerprint density at radius 2 is 1.93 bits per heavy atom. The highest BCUT2D eigenvalue weighted by Crippen LogP contribution is 2.30. The number of amides is 3. The summed E-state index contributed by atoms with van der Waals surface area (Å²) in [4.78, 5) is 31.3. The van der Waals surface area contributed by atoms with Gasteiger partial charge in [0.15, 0.2) is 0 Å². The van der Waals surface area contributed by atoms with Crippen molar-refractivity contribution in [1.82, 2.24) is 19.6 Å². The predicted molar refractivity (Wildman–Crippen MR) is 99.4 cm³/mol. The van der Waals surface area contributed by atoms with Gasteiger partial charge in [-0.25, -0.2) is 9.78 Å². The highest BCUT2D eigenvalue weighted by atomic mass is 16.5. The fraction of sp³-hybridized carbons (Fsp3) is 0.250. The lowest BCUT2D eigenvalue weighted by Crippen LogP contribution is -2.40. The van der Waals surface area contributed by atoms with Crippen LogP contribution in [0.15, 0.2) is 48.8 Å². The normalized spacial score (nSPS) is 19.6. The van der Waals surface area contributed by atoms with Crippen molar-refractivity contribution in [3.63, 3.8) is 0 Å². The molecule has 0 spiro atoms. The van der Waals surface area contributed by atoms with Crippen molar-refractivity contribution < 1.29 is 14.3 Å². The number of nitrogens with one attached hydrogen (secondary N) is 1. The number of methoxy groups -OCH3 is 1. The van der Waals surface area contributed by atoms with E-state index >= 15 is 0 Å². The highest BCUT2D eigenvalue weighted by molar-refractivity contribution is 6.07. The Hall–Kier alpha value is -3.35. The smallest absolute Gasteiger partial charge is 0.325 e. The molecular weight excluding hydrogens is 344 g/mol. The molecule has 1 aromatic carbocycles. The van der Waals surface area contributed by atoms with E-state index in [-0.39, 0.29) is 12.5 Å². The number of urea groups is 1. The topological polar surface area (TPSA) is 75.9 Å². The number of imidazole rings is 1. The van der Waals surface area contributed by atoms with Gasteiger partial charge >= 0.3 is 6.03 Å². The third kappa shape index (κ3) is 2.71. The number of ether oxygens (including phenoxy) is 1. The van der Waals surface area contributed by atoms with E-state index in [0.717, 1.165) is 11.2 Å². The molecule has 0 bridgehead atoms. The molecule has 0 saturated carbocycles. The van der Waals surface area contributed by atoms with E-state index in [9.17, 15) is 9.59 Å². The van der Waals surface area contributed by atoms with Crippen LogP contribution in [0.2, 0.25) is 0 Å². The van der Waals surface area contributed by atoms with Gasteiger partial charge in [-0.3, -0.25) is 9.69 Å². The summed E-state index contributed by atoms with van der Waals surface area (Å²) in [6.07, 6.45) is 3.73. The summed E-state index contributed by atoms with van der Waals surface area (Å²) >= 11 is 0. The summed E-state index contributed by atoms with van der Waals surface area (Å²) < 4.78 is 7.05. The lowest BCUT2D eigenvalue weighted by molar-refractivity contribution is -0.131. The van der Waals surface area contributed by atoms with Gasteiger partial charge in [0, 0.05) is 12.4 Å². The molecule has 2 aromatic heterocycles. The first-order valence-corrected chi connectivity index (χ1v) is 8.64. The summed E-state index contributed by atoms with van der Waals surface area (Å²) in [5, 5.41) is 2.81. The number of rotatable bonds is 4. The van der Waals surface area contributed by atoms with Gasteiger partial charge in [0.1, 0.15) is 16.9 Å². The fourth-order valence-corrected chi connectivity index (χ4v) is 3.40. The lowest BCUT2D eigenvalue weighted by Gasteiger charge is -2.22. The fourth-order valence-electron chi connectivity index (χ4n) is 3.40. The van der Waals surface area contributed by atoms with E-state index in [0.29, 0.717) is 17.0 Å². The van der Waals surface area contributed by atoms with E-state index in [4.69, 9.17) is 4.74 Å². The van der Waals surface area contributed by atoms with Crippen molar-refractivity contribution in [2.24, 2.45) is 0 Å². The van der Waals surface area contributed by atoms with Crippen molar-refractivity contribution >= 4 is 17.6 Å². The molecule has 138 valence electrons. The SMILES string of the molecule is COc1ccc(C2(C)NC(=O)N(Cc3cn4cccc(C)c4n3)C2=O)cc1. The van der Waals surface area contributed by atoms with Crippen LogP contribution in [-0.2, 0) is 16.9 Å². The quantitative estimate of drug-likeness (QED) is 0.722. The summed E-state index contributed by atoms with van der Waals surface area (Å²) in [6, 6.07) is 10.6. The third-order valence-corrected chi connectivity index (χ3v) is 4.99. The Morgan fingerprint density at radius 3 is 2.59 bits per heavy atom. The number of carbonyl (C=O) groups is 2. The minimum Gasteiger partial charge on any atom is -0.497 e. The molecule has 1 saturated heterocycles. The minimum absolute atomic E-state index is 0.123. The second kappa shape index (κ2) is 6.12. The number of nitrogens with zero attached hydrogens (tertiary/aromatic N) is 3. The van der Waals surface area contributed by atoms with E-state index < -0.39 is 11.6 Å². The van der Waals surface area contributed by atoms with Gasteiger partial charge in [-0.15, -0.1) is 0 Å². The second-order valence-corrected chi connectivity index (χ2v) is 6.83. The first-order chi connectivity index (χ1) is 12.9. The molecule has 1 unspecified atom stereocenters. The molecule has 3 amide bonds. The van der Waals surface area contributed by atoms with E-state index in [1.165, 1.54) is 4.90 Å². The Bertz CT molecular complexity index is 1040. The molecule has 1 aliphatic heterocycles. The Balaban J connectivity index is 1.62. The molecule has 7 heteroatoms. The van der Waals surface area contributed by atoms with E-state index in [1.807, 2.05) is 35.9 Å². The van der Waals surface area contributed by atoms with Gasteiger partial charge < -0.3 is 14.5 Å². The zero-order valence-electron chi connectivity index (χ0n) is 15.4. The maximum atomic E-state index is 13.1. The van der Waals surface area contributed by atoms with Gasteiger partial charge in [0.05, 0.1) is 19.3 Å². The number of hydrogen-bond donors (Lipinski definition) is 1. The van der Waals surface area contributed by atoms with Crippen LogP contribution in [-0.4, -0.2) is 33.3 Å². The van der Waals surface area contributed by atoms with Crippen molar-refractivity contribution in [3.05, 3.63) is 65.6 Å². The lowest BCUT2D eigenvalue weighted by atomic mass is 9.92. The molecule has 3 heterocycles. The molecular formula is C20H20N4O3. The van der Waals surface area contributed by atoms with Crippen LogP contribution in [0.5, 0.6) is 5.75 Å². The predicted octanol–water partition coefficient (Wildman–Crippen LogP) is 2.62. The molecule has 1 atom stereocenters. The summed E-state index contributed by atoms with van der Waals surface area (Å²) in [5.74, 6) is 0.391. The highest BCUT2D eigenvalue weighted by Gasteiger charge is 2.49.